The number of amides is 1. The van der Waals surface area contributed by atoms with E-state index in [1.807, 2.05) is 23.6 Å². The summed E-state index contributed by atoms with van der Waals surface area (Å²) in [6, 6.07) is 8.24. The van der Waals surface area contributed by atoms with Crippen molar-refractivity contribution in [1.82, 2.24) is 20.5 Å². The number of likely N-dealkylation sites (N-methyl/N-ethyl adjacent to an activating group) is 1. The smallest absolute Gasteiger partial charge is 0.226 e. The van der Waals surface area contributed by atoms with Gasteiger partial charge in [0.1, 0.15) is 5.01 Å². The molecule has 1 atom stereocenters. The molecule has 1 aliphatic rings. The third kappa shape index (κ3) is 5.81. The lowest BCUT2D eigenvalue weighted by Gasteiger charge is -2.36. The van der Waals surface area contributed by atoms with Gasteiger partial charge in [0.05, 0.1) is 12.1 Å². The summed E-state index contributed by atoms with van der Waals surface area (Å²) in [5.74, 6) is -0.00739. The second kappa shape index (κ2) is 11.1. The molecule has 1 aliphatic heterocycles. The van der Waals surface area contributed by atoms with Crippen LogP contribution in [0, 0.1) is 0 Å². The molecule has 2 N–H and O–H groups in total. The van der Waals surface area contributed by atoms with Crippen LogP contribution in [0.3, 0.4) is 0 Å². The molecule has 0 saturated carbocycles. The molecule has 1 aromatic heterocycles. The van der Waals surface area contributed by atoms with Crippen LogP contribution in [0.4, 0.5) is 0 Å². The van der Waals surface area contributed by atoms with E-state index in [-0.39, 0.29) is 36.8 Å². The zero-order chi connectivity index (χ0) is 16.9. The molecule has 5 nitrogen and oxygen atoms in total. The second-order valence-corrected chi connectivity index (χ2v) is 7.14. The van der Waals surface area contributed by atoms with E-state index in [9.17, 15) is 4.79 Å². The Bertz CT molecular complexity index is 713. The van der Waals surface area contributed by atoms with E-state index in [1.165, 1.54) is 0 Å². The number of hydrogen-bond acceptors (Lipinski definition) is 5. The minimum absolute atomic E-state index is 0. The Morgan fingerprint density at radius 3 is 2.92 bits per heavy atom. The van der Waals surface area contributed by atoms with Gasteiger partial charge in [-0.3, -0.25) is 9.69 Å². The third-order valence-electron chi connectivity index (χ3n) is 4.17. The maximum atomic E-state index is 11.5. The van der Waals surface area contributed by atoms with Crippen LogP contribution in [0.25, 0.3) is 0 Å². The summed E-state index contributed by atoms with van der Waals surface area (Å²) >= 11 is 7.93. The summed E-state index contributed by atoms with van der Waals surface area (Å²) in [6.07, 6.45) is 0.344. The number of carbonyl (C=O) groups is 1. The van der Waals surface area contributed by atoms with Crippen molar-refractivity contribution >= 4 is 53.7 Å². The van der Waals surface area contributed by atoms with Gasteiger partial charge in [0.15, 0.2) is 0 Å². The Labute approximate surface area is 175 Å². The fourth-order valence-corrected chi connectivity index (χ4v) is 3.97. The van der Waals surface area contributed by atoms with Crippen LogP contribution in [-0.2, 0) is 17.8 Å². The van der Waals surface area contributed by atoms with Gasteiger partial charge in [0.2, 0.25) is 5.91 Å². The van der Waals surface area contributed by atoms with Crippen molar-refractivity contribution in [2.24, 2.45) is 0 Å². The highest BCUT2D eigenvalue weighted by molar-refractivity contribution is 7.09. The minimum atomic E-state index is -0.00739. The van der Waals surface area contributed by atoms with Crippen molar-refractivity contribution in [1.29, 1.82) is 0 Å². The lowest BCUT2D eigenvalue weighted by atomic mass is 10.0. The Morgan fingerprint density at radius 1 is 1.42 bits per heavy atom. The molecule has 9 heteroatoms. The number of halogens is 3. The van der Waals surface area contributed by atoms with E-state index >= 15 is 0 Å². The standard InChI is InChI=1S/C17H21ClN4OS.2ClH/c1-19-16(23)8-17-21-12(11-24-17)10-22-7-6-20-9-15(22)13-4-2-3-5-14(13)18;;/h2-5,11,15,20H,6-10H2,1H3,(H,19,23);2*1H. The van der Waals surface area contributed by atoms with E-state index in [4.69, 9.17) is 11.6 Å². The first-order chi connectivity index (χ1) is 11.7. The normalized spacial score (nSPS) is 17.1. The van der Waals surface area contributed by atoms with Gasteiger partial charge in [-0.25, -0.2) is 4.98 Å². The number of rotatable bonds is 5. The Hall–Kier alpha value is -0.890. The van der Waals surface area contributed by atoms with Gasteiger partial charge in [0, 0.05) is 49.7 Å². The number of carbonyl (C=O) groups excluding carboxylic acids is 1. The lowest BCUT2D eigenvalue weighted by Crippen LogP contribution is -2.45. The fraction of sp³-hybridized carbons (Fsp3) is 0.412. The highest BCUT2D eigenvalue weighted by atomic mass is 35.5. The topological polar surface area (TPSA) is 57.3 Å². The van der Waals surface area contributed by atoms with Crippen LogP contribution in [0.2, 0.25) is 5.02 Å². The molecule has 0 aliphatic carbocycles. The van der Waals surface area contributed by atoms with Crippen molar-refractivity contribution in [2.75, 3.05) is 26.7 Å². The molecule has 3 rings (SSSR count). The first kappa shape index (κ1) is 23.1. The third-order valence-corrected chi connectivity index (χ3v) is 5.42. The zero-order valence-electron chi connectivity index (χ0n) is 14.4. The monoisotopic (exact) mass is 436 g/mol. The summed E-state index contributed by atoms with van der Waals surface area (Å²) in [5, 5.41) is 9.78. The molecule has 1 unspecified atom stereocenters. The molecule has 1 saturated heterocycles. The van der Waals surface area contributed by atoms with Gasteiger partial charge >= 0.3 is 0 Å². The van der Waals surface area contributed by atoms with Crippen LogP contribution in [0.5, 0.6) is 0 Å². The quantitative estimate of drug-likeness (QED) is 0.755. The van der Waals surface area contributed by atoms with Gasteiger partial charge in [-0.2, -0.15) is 0 Å². The Morgan fingerprint density at radius 2 is 2.19 bits per heavy atom. The second-order valence-electron chi connectivity index (χ2n) is 5.79. The van der Waals surface area contributed by atoms with E-state index < -0.39 is 0 Å². The van der Waals surface area contributed by atoms with E-state index in [1.54, 1.807) is 18.4 Å². The molecule has 1 amide bonds. The molecule has 144 valence electrons. The van der Waals surface area contributed by atoms with Crippen molar-refractivity contribution in [3.8, 4) is 0 Å². The van der Waals surface area contributed by atoms with Gasteiger partial charge in [-0.15, -0.1) is 36.2 Å². The van der Waals surface area contributed by atoms with Gasteiger partial charge in [-0.1, -0.05) is 29.8 Å². The molecule has 1 fully saturated rings. The first-order valence-corrected chi connectivity index (χ1v) is 9.26. The fourth-order valence-electron chi connectivity index (χ4n) is 2.92. The molecule has 2 aromatic rings. The van der Waals surface area contributed by atoms with Gasteiger partial charge < -0.3 is 10.6 Å². The van der Waals surface area contributed by atoms with Crippen molar-refractivity contribution in [3.63, 3.8) is 0 Å². The summed E-state index contributed by atoms with van der Waals surface area (Å²) in [5.41, 5.74) is 2.16. The molecular weight excluding hydrogens is 415 g/mol. The maximum Gasteiger partial charge on any atom is 0.226 e. The SMILES string of the molecule is CNC(=O)Cc1nc(CN2CCNCC2c2ccccc2Cl)cs1.Cl.Cl. The number of nitrogens with zero attached hydrogens (tertiary/aromatic N) is 2. The Kier molecular flexibility index (Phi) is 9.85. The summed E-state index contributed by atoms with van der Waals surface area (Å²) in [6.45, 7) is 3.54. The zero-order valence-corrected chi connectivity index (χ0v) is 17.6. The van der Waals surface area contributed by atoms with E-state index in [0.717, 1.165) is 47.5 Å². The van der Waals surface area contributed by atoms with E-state index in [2.05, 4.69) is 26.6 Å². The highest BCUT2D eigenvalue weighted by Crippen LogP contribution is 2.29. The number of thiazole rings is 1. The molecule has 0 spiro atoms. The highest BCUT2D eigenvalue weighted by Gasteiger charge is 2.26. The van der Waals surface area contributed by atoms with Crippen molar-refractivity contribution < 1.29 is 4.79 Å². The number of piperazine rings is 1. The molecule has 0 bridgehead atoms. The van der Waals surface area contributed by atoms with Gasteiger partial charge in [0.25, 0.3) is 0 Å². The number of aromatic nitrogens is 1. The minimum Gasteiger partial charge on any atom is -0.359 e. The van der Waals surface area contributed by atoms with Crippen LogP contribution >= 0.6 is 47.8 Å². The molecule has 1 aromatic carbocycles. The maximum absolute atomic E-state index is 11.5. The lowest BCUT2D eigenvalue weighted by molar-refractivity contribution is -0.119. The number of hydrogen-bond donors (Lipinski definition) is 2. The number of nitrogens with one attached hydrogen (secondary N) is 2. The van der Waals surface area contributed by atoms with Crippen LogP contribution in [0.15, 0.2) is 29.6 Å². The predicted molar refractivity (Wildman–Crippen MR) is 112 cm³/mol. The van der Waals surface area contributed by atoms with Crippen molar-refractivity contribution in [2.45, 2.75) is 19.0 Å². The molecule has 0 radical (unpaired) electrons. The summed E-state index contributed by atoms with van der Waals surface area (Å²) in [7, 11) is 1.64. The first-order valence-electron chi connectivity index (χ1n) is 8.00. The number of benzene rings is 1. The Balaban J connectivity index is 0.00000169. The summed E-state index contributed by atoms with van der Waals surface area (Å²) in [4.78, 5) is 18.5. The predicted octanol–water partition coefficient (Wildman–Crippen LogP) is 3.08. The van der Waals surface area contributed by atoms with Crippen molar-refractivity contribution in [3.05, 3.63) is 50.9 Å². The molecular formula is C17H23Cl3N4OS. The summed E-state index contributed by atoms with van der Waals surface area (Å²) < 4.78 is 0. The van der Waals surface area contributed by atoms with Crippen LogP contribution in [0.1, 0.15) is 22.3 Å². The largest absolute Gasteiger partial charge is 0.359 e. The molecule has 26 heavy (non-hydrogen) atoms. The van der Waals surface area contributed by atoms with Crippen LogP contribution in [-0.4, -0.2) is 42.5 Å². The van der Waals surface area contributed by atoms with E-state index in [0.29, 0.717) is 6.42 Å². The average Bonchev–Trinajstić information content (AvgIpc) is 3.03. The molecule has 2 heterocycles. The average molecular weight is 438 g/mol. The van der Waals surface area contributed by atoms with Gasteiger partial charge in [-0.05, 0) is 11.6 Å². The van der Waals surface area contributed by atoms with Crippen LogP contribution < -0.4 is 10.6 Å².